The Labute approximate surface area is 65.4 Å². The molecule has 0 aliphatic heterocycles. The van der Waals surface area contributed by atoms with Crippen LogP contribution in [0.2, 0.25) is 0 Å². The quantitative estimate of drug-likeness (QED) is 0.570. The first-order valence-corrected chi connectivity index (χ1v) is 4.63. The molecule has 0 saturated heterocycles. The zero-order chi connectivity index (χ0) is 6.41. The molecule has 0 saturated carbocycles. The van der Waals surface area contributed by atoms with E-state index in [-0.39, 0.29) is 0 Å². The summed E-state index contributed by atoms with van der Waals surface area (Å²) < 4.78 is 1.21. The molecular weight excluding hydrogens is 213 g/mol. The van der Waals surface area contributed by atoms with Crippen LogP contribution in [0.25, 0.3) is 0 Å². The van der Waals surface area contributed by atoms with Crippen LogP contribution in [-0.2, 0) is 0 Å². The predicted molar refractivity (Wildman–Crippen MR) is 46.6 cm³/mol. The van der Waals surface area contributed by atoms with Crippen LogP contribution >= 0.6 is 22.6 Å². The summed E-state index contributed by atoms with van der Waals surface area (Å²) in [4.78, 5) is 0. The van der Waals surface area contributed by atoms with Crippen molar-refractivity contribution in [2.75, 3.05) is 11.0 Å². The molecule has 1 unspecified atom stereocenters. The van der Waals surface area contributed by atoms with Crippen LogP contribution in [-0.4, -0.2) is 17.0 Å². The normalized spacial score (nSPS) is 13.9. The van der Waals surface area contributed by atoms with Gasteiger partial charge in [0, 0.05) is 17.0 Å². The maximum absolute atomic E-state index is 3.37. The Bertz CT molecular complexity index is 47.8. The van der Waals surface area contributed by atoms with Crippen molar-refractivity contribution < 1.29 is 0 Å². The first-order chi connectivity index (χ1) is 3.81. The third-order valence-corrected chi connectivity index (χ3v) is 1.74. The molecule has 0 aromatic rings. The Kier molecular flexibility index (Phi) is 6.32. The monoisotopic (exact) mass is 227 g/mol. The zero-order valence-electron chi connectivity index (χ0n) is 5.58. The summed E-state index contributed by atoms with van der Waals surface area (Å²) in [6.45, 7) is 5.56. The molecule has 2 heteroatoms. The van der Waals surface area contributed by atoms with Gasteiger partial charge in [-0.1, -0.05) is 29.5 Å². The minimum atomic E-state index is 0.699. The topological polar surface area (TPSA) is 12.0 Å². The fourth-order valence-electron chi connectivity index (χ4n) is 0.445. The van der Waals surface area contributed by atoms with Gasteiger partial charge in [-0.25, -0.2) is 0 Å². The van der Waals surface area contributed by atoms with E-state index in [2.05, 4.69) is 41.8 Å². The van der Waals surface area contributed by atoms with Gasteiger partial charge in [-0.05, 0) is 13.3 Å². The first-order valence-electron chi connectivity index (χ1n) is 3.10. The summed E-state index contributed by atoms with van der Waals surface area (Å²) in [5.41, 5.74) is 0. The van der Waals surface area contributed by atoms with Crippen molar-refractivity contribution in [2.45, 2.75) is 26.3 Å². The third kappa shape index (κ3) is 4.84. The Hall–Kier alpha value is 0.690. The van der Waals surface area contributed by atoms with E-state index >= 15 is 0 Å². The molecule has 0 aromatic carbocycles. The Balaban J connectivity index is 2.86. The van der Waals surface area contributed by atoms with Crippen LogP contribution in [0.3, 0.4) is 0 Å². The molecule has 1 nitrogen and oxygen atoms in total. The summed E-state index contributed by atoms with van der Waals surface area (Å²) >= 11 is 2.37. The smallest absolute Gasteiger partial charge is 0.0121 e. The lowest BCUT2D eigenvalue weighted by Gasteiger charge is -2.07. The van der Waals surface area contributed by atoms with E-state index in [1.54, 1.807) is 0 Å². The molecule has 50 valence electrons. The molecule has 0 bridgehead atoms. The summed E-state index contributed by atoms with van der Waals surface area (Å²) in [7, 11) is 0. The van der Waals surface area contributed by atoms with Gasteiger partial charge >= 0.3 is 0 Å². The highest BCUT2D eigenvalue weighted by Crippen LogP contribution is 1.87. The highest BCUT2D eigenvalue weighted by atomic mass is 127. The van der Waals surface area contributed by atoms with Gasteiger partial charge in [0.25, 0.3) is 0 Å². The molecule has 1 atom stereocenters. The van der Waals surface area contributed by atoms with E-state index in [9.17, 15) is 0 Å². The van der Waals surface area contributed by atoms with Gasteiger partial charge in [0.05, 0.1) is 0 Å². The summed E-state index contributed by atoms with van der Waals surface area (Å²) in [5.74, 6) is 0. The van der Waals surface area contributed by atoms with E-state index in [0.29, 0.717) is 6.04 Å². The maximum Gasteiger partial charge on any atom is 0.0121 e. The fraction of sp³-hybridized carbons (Fsp3) is 1.00. The van der Waals surface area contributed by atoms with Crippen LogP contribution < -0.4 is 5.32 Å². The molecule has 0 rings (SSSR count). The highest BCUT2D eigenvalue weighted by molar-refractivity contribution is 14.1. The van der Waals surface area contributed by atoms with Crippen LogP contribution in [0.15, 0.2) is 0 Å². The van der Waals surface area contributed by atoms with Gasteiger partial charge in [0.2, 0.25) is 0 Å². The van der Waals surface area contributed by atoms with Gasteiger partial charge < -0.3 is 5.32 Å². The van der Waals surface area contributed by atoms with Crippen LogP contribution in [0.5, 0.6) is 0 Å². The van der Waals surface area contributed by atoms with Crippen molar-refractivity contribution in [1.82, 2.24) is 5.32 Å². The minimum absolute atomic E-state index is 0.699. The molecule has 0 amide bonds. The molecule has 0 spiro atoms. The third-order valence-electron chi connectivity index (χ3n) is 1.20. The lowest BCUT2D eigenvalue weighted by molar-refractivity contribution is 0.557. The molecular formula is C6H14IN. The number of alkyl halides is 1. The van der Waals surface area contributed by atoms with Crippen molar-refractivity contribution in [1.29, 1.82) is 0 Å². The maximum atomic E-state index is 3.37. The largest absolute Gasteiger partial charge is 0.314 e. The summed E-state index contributed by atoms with van der Waals surface area (Å²) in [6, 6.07) is 0.699. The number of rotatable bonds is 4. The van der Waals surface area contributed by atoms with Crippen molar-refractivity contribution in [2.24, 2.45) is 0 Å². The van der Waals surface area contributed by atoms with Gasteiger partial charge in [-0.15, -0.1) is 0 Å². The molecule has 0 aliphatic carbocycles. The molecule has 0 radical (unpaired) electrons. The second kappa shape index (κ2) is 5.82. The minimum Gasteiger partial charge on any atom is -0.314 e. The predicted octanol–water partition coefficient (Wildman–Crippen LogP) is 1.81. The molecule has 0 aliphatic rings. The number of halogens is 1. The first kappa shape index (κ1) is 8.69. The standard InChI is InChI=1S/C6H14IN/c1-3-6(2)8-5-4-7/h6,8H,3-5H2,1-2H3. The fourth-order valence-corrected chi connectivity index (χ4v) is 0.757. The molecule has 0 heterocycles. The van der Waals surface area contributed by atoms with Crippen LogP contribution in [0.1, 0.15) is 20.3 Å². The van der Waals surface area contributed by atoms with E-state index in [1.165, 1.54) is 10.8 Å². The Morgan fingerprint density at radius 2 is 2.25 bits per heavy atom. The van der Waals surface area contributed by atoms with Crippen molar-refractivity contribution >= 4 is 22.6 Å². The molecule has 1 N–H and O–H groups in total. The van der Waals surface area contributed by atoms with Gasteiger partial charge in [0.1, 0.15) is 0 Å². The van der Waals surface area contributed by atoms with Gasteiger partial charge in [-0.3, -0.25) is 0 Å². The second-order valence-corrected chi connectivity index (χ2v) is 3.03. The van der Waals surface area contributed by atoms with Crippen molar-refractivity contribution in [3.63, 3.8) is 0 Å². The Morgan fingerprint density at radius 1 is 1.62 bits per heavy atom. The Morgan fingerprint density at radius 3 is 2.62 bits per heavy atom. The van der Waals surface area contributed by atoms with Crippen LogP contribution in [0, 0.1) is 0 Å². The average Bonchev–Trinajstić information content (AvgIpc) is 1.83. The molecule has 8 heavy (non-hydrogen) atoms. The molecule has 0 aromatic heterocycles. The average molecular weight is 227 g/mol. The SMILES string of the molecule is CCC(C)NCCI. The van der Waals surface area contributed by atoms with Crippen molar-refractivity contribution in [3.05, 3.63) is 0 Å². The van der Waals surface area contributed by atoms with Gasteiger partial charge in [0.15, 0.2) is 0 Å². The van der Waals surface area contributed by atoms with E-state index in [1.807, 2.05) is 0 Å². The van der Waals surface area contributed by atoms with Crippen LogP contribution in [0.4, 0.5) is 0 Å². The highest BCUT2D eigenvalue weighted by Gasteiger charge is 1.92. The van der Waals surface area contributed by atoms with E-state index in [0.717, 1.165) is 6.54 Å². The number of hydrogen-bond acceptors (Lipinski definition) is 1. The lowest BCUT2D eigenvalue weighted by Crippen LogP contribution is -2.26. The van der Waals surface area contributed by atoms with E-state index in [4.69, 9.17) is 0 Å². The van der Waals surface area contributed by atoms with Crippen molar-refractivity contribution in [3.8, 4) is 0 Å². The summed E-state index contributed by atoms with van der Waals surface area (Å²) in [5, 5.41) is 3.37. The second-order valence-electron chi connectivity index (χ2n) is 1.95. The van der Waals surface area contributed by atoms with E-state index < -0.39 is 0 Å². The lowest BCUT2D eigenvalue weighted by atomic mass is 10.3. The summed E-state index contributed by atoms with van der Waals surface area (Å²) in [6.07, 6.45) is 1.23. The van der Waals surface area contributed by atoms with Gasteiger partial charge in [-0.2, -0.15) is 0 Å². The molecule has 0 fully saturated rings. The zero-order valence-corrected chi connectivity index (χ0v) is 7.73. The number of nitrogens with one attached hydrogen (secondary N) is 1. The number of hydrogen-bond donors (Lipinski definition) is 1.